The van der Waals surface area contributed by atoms with Crippen LogP contribution in [0.5, 0.6) is 5.88 Å². The van der Waals surface area contributed by atoms with E-state index in [2.05, 4.69) is 25.9 Å². The Morgan fingerprint density at radius 2 is 2.08 bits per heavy atom. The second-order valence-corrected chi connectivity index (χ2v) is 7.23. The van der Waals surface area contributed by atoms with Crippen LogP contribution in [0.1, 0.15) is 29.7 Å². The molecular formula is C19H23N5OS. The lowest BCUT2D eigenvalue weighted by molar-refractivity contribution is 0.213. The molecule has 7 heteroatoms. The molecule has 0 amide bonds. The summed E-state index contributed by atoms with van der Waals surface area (Å²) in [5.74, 6) is 1.97. The first-order valence-electron chi connectivity index (χ1n) is 8.74. The summed E-state index contributed by atoms with van der Waals surface area (Å²) >= 11 is 1.53. The zero-order chi connectivity index (χ0) is 18.5. The van der Waals surface area contributed by atoms with Crippen LogP contribution in [-0.4, -0.2) is 40.9 Å². The van der Waals surface area contributed by atoms with Crippen molar-refractivity contribution in [3.63, 3.8) is 0 Å². The van der Waals surface area contributed by atoms with Gasteiger partial charge in [0.15, 0.2) is 5.16 Å². The number of rotatable bonds is 5. The van der Waals surface area contributed by atoms with E-state index in [1.807, 2.05) is 26.2 Å². The van der Waals surface area contributed by atoms with E-state index in [9.17, 15) is 5.26 Å². The van der Waals surface area contributed by atoms with E-state index in [0.717, 1.165) is 48.2 Å². The Labute approximate surface area is 158 Å². The summed E-state index contributed by atoms with van der Waals surface area (Å²) in [4.78, 5) is 15.5. The molecule has 1 aliphatic rings. The van der Waals surface area contributed by atoms with Crippen LogP contribution >= 0.6 is 11.8 Å². The highest BCUT2D eigenvalue weighted by atomic mass is 32.2. The molecule has 3 heterocycles. The zero-order valence-electron chi connectivity index (χ0n) is 15.4. The van der Waals surface area contributed by atoms with Crippen LogP contribution in [0.3, 0.4) is 0 Å². The summed E-state index contributed by atoms with van der Waals surface area (Å²) < 4.78 is 6.03. The largest absolute Gasteiger partial charge is 0.477 e. The maximum absolute atomic E-state index is 9.25. The fraction of sp³-hybridized carbons (Fsp3) is 0.474. The quantitative estimate of drug-likeness (QED) is 0.591. The Kier molecular flexibility index (Phi) is 5.94. The Bertz CT molecular complexity index is 812. The molecule has 0 aromatic carbocycles. The Morgan fingerprint density at radius 1 is 1.31 bits per heavy atom. The predicted molar refractivity (Wildman–Crippen MR) is 103 cm³/mol. The molecule has 0 saturated carbocycles. The minimum absolute atomic E-state index is 0.480. The Balaban J connectivity index is 1.58. The molecule has 0 bridgehead atoms. The van der Waals surface area contributed by atoms with Crippen LogP contribution in [0.15, 0.2) is 23.5 Å². The SMILES string of the molecule is CSc1nc(C)c(C)c(OCC2CCN(c3ncccc3C#N)CC2)n1. The summed E-state index contributed by atoms with van der Waals surface area (Å²) in [6.45, 7) is 6.42. The number of nitriles is 1. The van der Waals surface area contributed by atoms with Gasteiger partial charge in [-0.3, -0.25) is 0 Å². The third kappa shape index (κ3) is 4.07. The van der Waals surface area contributed by atoms with Crippen molar-refractivity contribution < 1.29 is 4.74 Å². The lowest BCUT2D eigenvalue weighted by Crippen LogP contribution is -2.36. The summed E-state index contributed by atoms with van der Waals surface area (Å²) in [5.41, 5.74) is 2.61. The van der Waals surface area contributed by atoms with Gasteiger partial charge in [0, 0.05) is 30.5 Å². The molecule has 136 valence electrons. The van der Waals surface area contributed by atoms with Gasteiger partial charge < -0.3 is 9.64 Å². The number of thioether (sulfide) groups is 1. The van der Waals surface area contributed by atoms with Crippen molar-refractivity contribution in [2.75, 3.05) is 30.9 Å². The average molecular weight is 369 g/mol. The lowest BCUT2D eigenvalue weighted by Gasteiger charge is -2.33. The van der Waals surface area contributed by atoms with Gasteiger partial charge in [-0.1, -0.05) is 11.8 Å². The Hall–Kier alpha value is -2.33. The number of aryl methyl sites for hydroxylation is 1. The molecule has 26 heavy (non-hydrogen) atoms. The van der Waals surface area contributed by atoms with Gasteiger partial charge in [0.05, 0.1) is 12.2 Å². The molecule has 2 aromatic heterocycles. The highest BCUT2D eigenvalue weighted by Crippen LogP contribution is 2.26. The topological polar surface area (TPSA) is 74.9 Å². The summed E-state index contributed by atoms with van der Waals surface area (Å²) in [7, 11) is 0. The van der Waals surface area contributed by atoms with E-state index < -0.39 is 0 Å². The fourth-order valence-electron chi connectivity index (χ4n) is 3.05. The standard InChI is InChI=1S/C19H23N5OS/c1-13-14(2)22-19(26-3)23-18(13)25-12-15-6-9-24(10-7-15)17-16(11-20)5-4-8-21-17/h4-5,8,15H,6-7,9-10,12H2,1-3H3. The predicted octanol–water partition coefficient (Wildman–Crippen LogP) is 3.38. The molecule has 0 N–H and O–H groups in total. The molecule has 6 nitrogen and oxygen atoms in total. The van der Waals surface area contributed by atoms with Gasteiger partial charge in [0.2, 0.25) is 5.88 Å². The highest BCUT2D eigenvalue weighted by molar-refractivity contribution is 7.98. The minimum Gasteiger partial charge on any atom is -0.477 e. The fourth-order valence-corrected chi connectivity index (χ4v) is 3.46. The molecule has 3 rings (SSSR count). The van der Waals surface area contributed by atoms with Crippen molar-refractivity contribution in [1.82, 2.24) is 15.0 Å². The maximum Gasteiger partial charge on any atom is 0.220 e. The smallest absolute Gasteiger partial charge is 0.220 e. The van der Waals surface area contributed by atoms with Crippen LogP contribution in [0.2, 0.25) is 0 Å². The van der Waals surface area contributed by atoms with Crippen molar-refractivity contribution in [2.24, 2.45) is 5.92 Å². The van der Waals surface area contributed by atoms with E-state index in [-0.39, 0.29) is 0 Å². The van der Waals surface area contributed by atoms with Crippen LogP contribution in [-0.2, 0) is 0 Å². The van der Waals surface area contributed by atoms with Gasteiger partial charge in [-0.05, 0) is 51.0 Å². The van der Waals surface area contributed by atoms with Crippen molar-refractivity contribution in [2.45, 2.75) is 31.8 Å². The number of nitrogens with zero attached hydrogens (tertiary/aromatic N) is 5. The normalized spacial score (nSPS) is 14.9. The number of piperidine rings is 1. The van der Waals surface area contributed by atoms with Crippen molar-refractivity contribution in [1.29, 1.82) is 5.26 Å². The molecule has 1 fully saturated rings. The number of aromatic nitrogens is 3. The van der Waals surface area contributed by atoms with Crippen molar-refractivity contribution >= 4 is 17.6 Å². The molecule has 0 atom stereocenters. The average Bonchev–Trinajstić information content (AvgIpc) is 2.69. The number of hydrogen-bond donors (Lipinski definition) is 0. The van der Waals surface area contributed by atoms with E-state index in [1.165, 1.54) is 11.8 Å². The van der Waals surface area contributed by atoms with E-state index in [1.54, 1.807) is 12.3 Å². The second kappa shape index (κ2) is 8.37. The van der Waals surface area contributed by atoms with Gasteiger partial charge in [0.1, 0.15) is 11.9 Å². The zero-order valence-corrected chi connectivity index (χ0v) is 16.2. The Morgan fingerprint density at radius 3 is 2.77 bits per heavy atom. The molecule has 0 spiro atoms. The first kappa shape index (κ1) is 18.5. The molecule has 0 aliphatic carbocycles. The highest BCUT2D eigenvalue weighted by Gasteiger charge is 2.23. The molecule has 0 radical (unpaired) electrons. The maximum atomic E-state index is 9.25. The summed E-state index contributed by atoms with van der Waals surface area (Å²) in [6, 6.07) is 5.85. The van der Waals surface area contributed by atoms with Crippen LogP contribution in [0, 0.1) is 31.1 Å². The van der Waals surface area contributed by atoms with Crippen molar-refractivity contribution in [3.8, 4) is 11.9 Å². The lowest BCUT2D eigenvalue weighted by atomic mass is 9.97. The van der Waals surface area contributed by atoms with E-state index >= 15 is 0 Å². The van der Waals surface area contributed by atoms with Gasteiger partial charge in [0.25, 0.3) is 0 Å². The van der Waals surface area contributed by atoms with Gasteiger partial charge in [-0.2, -0.15) is 10.2 Å². The van der Waals surface area contributed by atoms with Gasteiger partial charge in [-0.15, -0.1) is 0 Å². The van der Waals surface area contributed by atoms with Crippen LogP contribution < -0.4 is 9.64 Å². The molecule has 2 aromatic rings. The minimum atomic E-state index is 0.480. The summed E-state index contributed by atoms with van der Waals surface area (Å²) in [5, 5.41) is 10.00. The van der Waals surface area contributed by atoms with Crippen LogP contribution in [0.25, 0.3) is 0 Å². The summed E-state index contributed by atoms with van der Waals surface area (Å²) in [6.07, 6.45) is 5.74. The number of hydrogen-bond acceptors (Lipinski definition) is 7. The number of ether oxygens (including phenoxy) is 1. The first-order valence-corrected chi connectivity index (χ1v) is 9.97. The molecule has 1 aliphatic heterocycles. The van der Waals surface area contributed by atoms with Crippen molar-refractivity contribution in [3.05, 3.63) is 35.2 Å². The third-order valence-electron chi connectivity index (χ3n) is 4.78. The second-order valence-electron chi connectivity index (χ2n) is 6.45. The molecule has 1 saturated heterocycles. The van der Waals surface area contributed by atoms with Gasteiger partial charge >= 0.3 is 0 Å². The number of pyridine rings is 1. The molecular weight excluding hydrogens is 346 g/mol. The van der Waals surface area contributed by atoms with E-state index in [4.69, 9.17) is 4.74 Å². The first-order chi connectivity index (χ1) is 12.6. The van der Waals surface area contributed by atoms with Crippen LogP contribution in [0.4, 0.5) is 5.82 Å². The monoisotopic (exact) mass is 369 g/mol. The van der Waals surface area contributed by atoms with E-state index in [0.29, 0.717) is 24.0 Å². The van der Waals surface area contributed by atoms with Gasteiger partial charge in [-0.25, -0.2) is 9.97 Å². The number of anilines is 1. The molecule has 0 unspecified atom stereocenters. The third-order valence-corrected chi connectivity index (χ3v) is 5.33.